The highest BCUT2D eigenvalue weighted by molar-refractivity contribution is 5.75. The Kier molecular flexibility index (Phi) is 8.83. The molecule has 0 bridgehead atoms. The van der Waals surface area contributed by atoms with Gasteiger partial charge in [-0.15, -0.1) is 0 Å². The van der Waals surface area contributed by atoms with Crippen molar-refractivity contribution >= 4 is 23.9 Å². The Hall–Kier alpha value is -4.08. The van der Waals surface area contributed by atoms with Crippen LogP contribution < -0.4 is 9.47 Å². The van der Waals surface area contributed by atoms with Crippen molar-refractivity contribution < 1.29 is 49.1 Å². The van der Waals surface area contributed by atoms with Gasteiger partial charge in [-0.3, -0.25) is 19.2 Å². The summed E-state index contributed by atoms with van der Waals surface area (Å²) in [5.41, 5.74) is -0.104. The molecule has 0 aliphatic carbocycles. The van der Waals surface area contributed by atoms with E-state index in [1.165, 1.54) is 26.0 Å². The van der Waals surface area contributed by atoms with Crippen molar-refractivity contribution in [2.24, 2.45) is 0 Å². The van der Waals surface area contributed by atoms with Crippen LogP contribution >= 0.6 is 0 Å². The minimum atomic E-state index is -1.22. The van der Waals surface area contributed by atoms with Crippen molar-refractivity contribution in [3.05, 3.63) is 47.5 Å². The van der Waals surface area contributed by atoms with Gasteiger partial charge in [-0.25, -0.2) is 0 Å². The van der Waals surface area contributed by atoms with E-state index >= 15 is 0 Å². The van der Waals surface area contributed by atoms with E-state index < -0.39 is 42.5 Å². The molecule has 2 rings (SSSR count). The predicted octanol–water partition coefficient (Wildman–Crippen LogP) is 1.89. The smallest absolute Gasteiger partial charge is 0.308 e. The van der Waals surface area contributed by atoms with Gasteiger partial charge in [0, 0.05) is 31.0 Å². The van der Waals surface area contributed by atoms with Crippen LogP contribution in [0.5, 0.6) is 23.0 Å². The summed E-state index contributed by atoms with van der Waals surface area (Å²) in [6.07, 6.45) is -0.996. The summed E-state index contributed by atoms with van der Waals surface area (Å²) >= 11 is 0. The third-order valence-corrected chi connectivity index (χ3v) is 3.34. The SMILES string of the molecule is CC(=O)Oc1cccc(OC(C)=O)c1.O=C(O)Cc1ccc(O)c(CC(=O)O)c1O. The molecule has 0 saturated heterocycles. The summed E-state index contributed by atoms with van der Waals surface area (Å²) < 4.78 is 9.61. The molecule has 0 aliphatic heterocycles. The van der Waals surface area contributed by atoms with Gasteiger partial charge in [-0.2, -0.15) is 0 Å². The number of phenols is 2. The number of phenolic OH excluding ortho intramolecular Hbond substituents is 2. The Morgan fingerprint density at radius 1 is 0.800 bits per heavy atom. The molecule has 4 N–H and O–H groups in total. The molecule has 0 aromatic heterocycles. The quantitative estimate of drug-likeness (QED) is 0.400. The van der Waals surface area contributed by atoms with Crippen LogP contribution in [0.3, 0.4) is 0 Å². The number of rotatable bonds is 6. The van der Waals surface area contributed by atoms with E-state index in [-0.39, 0.29) is 16.9 Å². The summed E-state index contributed by atoms with van der Waals surface area (Å²) in [5, 5.41) is 36.0. The molecule has 0 saturated carbocycles. The largest absolute Gasteiger partial charge is 0.508 e. The van der Waals surface area contributed by atoms with Crippen molar-refractivity contribution in [3.63, 3.8) is 0 Å². The van der Waals surface area contributed by atoms with Gasteiger partial charge in [0.15, 0.2) is 0 Å². The van der Waals surface area contributed by atoms with Crippen LogP contribution in [-0.2, 0) is 32.0 Å². The molecule has 0 radical (unpaired) electrons. The number of benzene rings is 2. The molecule has 0 aliphatic rings. The molecule has 10 heteroatoms. The summed E-state index contributed by atoms with van der Waals surface area (Å²) in [5.74, 6) is -3.33. The van der Waals surface area contributed by atoms with Crippen LogP contribution in [0.4, 0.5) is 0 Å². The van der Waals surface area contributed by atoms with Gasteiger partial charge in [0.25, 0.3) is 0 Å². The minimum Gasteiger partial charge on any atom is -0.508 e. The van der Waals surface area contributed by atoms with Crippen LogP contribution in [0, 0.1) is 0 Å². The van der Waals surface area contributed by atoms with E-state index in [9.17, 15) is 29.4 Å². The van der Waals surface area contributed by atoms with Crippen molar-refractivity contribution in [2.75, 3.05) is 0 Å². The zero-order valence-electron chi connectivity index (χ0n) is 16.1. The van der Waals surface area contributed by atoms with Crippen LogP contribution in [0.15, 0.2) is 36.4 Å². The molecule has 0 heterocycles. The van der Waals surface area contributed by atoms with Gasteiger partial charge < -0.3 is 29.9 Å². The molecule has 2 aromatic rings. The Morgan fingerprint density at radius 3 is 1.73 bits per heavy atom. The van der Waals surface area contributed by atoms with Crippen LogP contribution in [0.2, 0.25) is 0 Å². The Bertz CT molecular complexity index is 917. The summed E-state index contributed by atoms with van der Waals surface area (Å²) in [4.78, 5) is 42.2. The molecule has 0 amide bonds. The number of carbonyl (C=O) groups is 4. The maximum Gasteiger partial charge on any atom is 0.308 e. The first-order chi connectivity index (χ1) is 14.0. The number of aromatic hydroxyl groups is 2. The second kappa shape index (κ2) is 11.1. The molecule has 0 unspecified atom stereocenters. The topological polar surface area (TPSA) is 168 Å². The number of carboxylic acid groups (broad SMARTS) is 2. The number of hydrogen-bond donors (Lipinski definition) is 4. The fraction of sp³-hybridized carbons (Fsp3) is 0.200. The van der Waals surface area contributed by atoms with Crippen LogP contribution in [0.25, 0.3) is 0 Å². The molecule has 0 atom stereocenters. The molecule has 30 heavy (non-hydrogen) atoms. The number of hydrogen-bond acceptors (Lipinski definition) is 8. The van der Waals surface area contributed by atoms with E-state index in [0.29, 0.717) is 11.5 Å². The second-order valence-electron chi connectivity index (χ2n) is 5.87. The lowest BCUT2D eigenvalue weighted by Gasteiger charge is -2.08. The molecule has 160 valence electrons. The van der Waals surface area contributed by atoms with Gasteiger partial charge in [0.05, 0.1) is 12.8 Å². The zero-order chi connectivity index (χ0) is 22.8. The Balaban J connectivity index is 0.000000303. The highest BCUT2D eigenvalue weighted by Crippen LogP contribution is 2.31. The third-order valence-electron chi connectivity index (χ3n) is 3.34. The highest BCUT2D eigenvalue weighted by Gasteiger charge is 2.16. The fourth-order valence-corrected chi connectivity index (χ4v) is 2.24. The molecule has 2 aromatic carbocycles. The first kappa shape index (κ1) is 24.0. The molecule has 10 nitrogen and oxygen atoms in total. The molecular weight excluding hydrogens is 400 g/mol. The predicted molar refractivity (Wildman–Crippen MR) is 102 cm³/mol. The summed E-state index contributed by atoms with van der Waals surface area (Å²) in [6.45, 7) is 2.61. The summed E-state index contributed by atoms with van der Waals surface area (Å²) in [7, 11) is 0. The number of carbonyl (C=O) groups excluding carboxylic acids is 2. The van der Waals surface area contributed by atoms with Gasteiger partial charge in [0.2, 0.25) is 0 Å². The van der Waals surface area contributed by atoms with E-state index in [1.807, 2.05) is 0 Å². The maximum atomic E-state index is 10.6. The number of ether oxygens (including phenoxy) is 2. The zero-order valence-corrected chi connectivity index (χ0v) is 16.1. The standard InChI is InChI=1S/C10H10O6.C10H10O4/c11-7-2-1-5(3-8(12)13)10(16)6(7)4-9(14)15;1-7(11)13-9-4-3-5-10(6-9)14-8(2)12/h1-2,11,16H,3-4H2,(H,12,13)(H,14,15);3-6H,1-2H3. The van der Waals surface area contributed by atoms with Gasteiger partial charge in [-0.05, 0) is 18.2 Å². The lowest BCUT2D eigenvalue weighted by atomic mass is 10.0. The third kappa shape index (κ3) is 8.30. The lowest BCUT2D eigenvalue weighted by Crippen LogP contribution is -2.05. The van der Waals surface area contributed by atoms with E-state index in [4.69, 9.17) is 19.7 Å². The second-order valence-corrected chi connectivity index (χ2v) is 5.87. The van der Waals surface area contributed by atoms with E-state index in [0.717, 1.165) is 6.07 Å². The average Bonchev–Trinajstić information content (AvgIpc) is 2.60. The first-order valence-electron chi connectivity index (χ1n) is 8.42. The fourth-order valence-electron chi connectivity index (χ4n) is 2.24. The average molecular weight is 420 g/mol. The number of aliphatic carboxylic acids is 2. The monoisotopic (exact) mass is 420 g/mol. The van der Waals surface area contributed by atoms with Gasteiger partial charge >= 0.3 is 23.9 Å². The minimum absolute atomic E-state index is 0.0709. The maximum absolute atomic E-state index is 10.6. The van der Waals surface area contributed by atoms with Gasteiger partial charge in [-0.1, -0.05) is 12.1 Å². The molecule has 0 fully saturated rings. The number of esters is 2. The van der Waals surface area contributed by atoms with Crippen molar-refractivity contribution in [3.8, 4) is 23.0 Å². The summed E-state index contributed by atoms with van der Waals surface area (Å²) in [6, 6.07) is 8.72. The Labute approximate surface area is 170 Å². The lowest BCUT2D eigenvalue weighted by molar-refractivity contribution is -0.137. The highest BCUT2D eigenvalue weighted by atomic mass is 16.5. The normalized spacial score (nSPS) is 9.67. The Morgan fingerprint density at radius 2 is 1.30 bits per heavy atom. The van der Waals surface area contributed by atoms with Gasteiger partial charge in [0.1, 0.15) is 23.0 Å². The van der Waals surface area contributed by atoms with Crippen molar-refractivity contribution in [1.82, 2.24) is 0 Å². The first-order valence-corrected chi connectivity index (χ1v) is 8.42. The molecular formula is C20H20O10. The van der Waals surface area contributed by atoms with Crippen molar-refractivity contribution in [2.45, 2.75) is 26.7 Å². The van der Waals surface area contributed by atoms with E-state index in [2.05, 4.69) is 0 Å². The van der Waals surface area contributed by atoms with Crippen LogP contribution in [-0.4, -0.2) is 44.3 Å². The molecule has 0 spiro atoms. The van der Waals surface area contributed by atoms with E-state index in [1.54, 1.807) is 18.2 Å². The van der Waals surface area contributed by atoms with Crippen molar-refractivity contribution in [1.29, 1.82) is 0 Å². The van der Waals surface area contributed by atoms with Crippen LogP contribution in [0.1, 0.15) is 25.0 Å². The number of carboxylic acids is 2.